The van der Waals surface area contributed by atoms with E-state index in [2.05, 4.69) is 5.32 Å². The predicted octanol–water partition coefficient (Wildman–Crippen LogP) is 5.20. The summed E-state index contributed by atoms with van der Waals surface area (Å²) in [5.74, 6) is -0.470. The number of hydrogen-bond donors (Lipinski definition) is 1. The number of nitrogens with one attached hydrogen (secondary N) is 1. The van der Waals surface area contributed by atoms with Gasteiger partial charge in [-0.1, -0.05) is 35.4 Å². The van der Waals surface area contributed by atoms with Crippen molar-refractivity contribution in [3.8, 4) is 0 Å². The van der Waals surface area contributed by atoms with Crippen molar-refractivity contribution in [3.05, 3.63) is 83.4 Å². The number of thioether (sulfide) groups is 1. The van der Waals surface area contributed by atoms with Gasteiger partial charge in [-0.2, -0.15) is 0 Å². The van der Waals surface area contributed by atoms with Crippen LogP contribution >= 0.6 is 23.4 Å². The fourth-order valence-corrected chi connectivity index (χ4v) is 4.82. The van der Waals surface area contributed by atoms with Gasteiger partial charge in [0.15, 0.2) is 0 Å². The monoisotopic (exact) mass is 460 g/mol. The number of hydrogen-bond acceptors (Lipinski definition) is 4. The van der Waals surface area contributed by atoms with E-state index >= 15 is 0 Å². The molecule has 0 spiro atoms. The Morgan fingerprint density at radius 3 is 2.30 bits per heavy atom. The molecule has 3 aromatic carbocycles. The van der Waals surface area contributed by atoms with Crippen LogP contribution < -0.4 is 9.62 Å². The second-order valence-corrected chi connectivity index (χ2v) is 9.76. The number of benzene rings is 3. The smallest absolute Gasteiger partial charge is 0.264 e. The number of rotatable bonds is 7. The highest BCUT2D eigenvalue weighted by molar-refractivity contribution is 7.98. The minimum absolute atomic E-state index is 0.122. The van der Waals surface area contributed by atoms with E-state index in [4.69, 9.17) is 11.6 Å². The first-order valence-electron chi connectivity index (χ1n) is 9.08. The van der Waals surface area contributed by atoms with E-state index in [1.165, 1.54) is 11.8 Å². The SMILES string of the molecule is CSc1ccc(S(=O)(=O)N(CC(=O)Nc2cccc(Cl)c2)c2ccc(C)cc2)cc1. The Hall–Kier alpha value is -2.48. The Balaban J connectivity index is 1.93. The van der Waals surface area contributed by atoms with Crippen molar-refractivity contribution in [3.63, 3.8) is 0 Å². The third-order valence-corrected chi connectivity index (χ3v) is 7.13. The third kappa shape index (κ3) is 5.36. The van der Waals surface area contributed by atoms with E-state index in [1.54, 1.807) is 60.7 Å². The molecule has 0 radical (unpaired) electrons. The maximum atomic E-state index is 13.4. The standard InChI is InChI=1S/C22H21ClN2O3S2/c1-16-6-8-19(9-7-16)25(15-22(26)24-18-5-3-4-17(23)14-18)30(27,28)21-12-10-20(29-2)11-13-21/h3-14H,15H2,1-2H3,(H,24,26). The van der Waals surface area contributed by atoms with Crippen LogP contribution in [0, 0.1) is 6.92 Å². The van der Waals surface area contributed by atoms with Crippen molar-refractivity contribution in [2.45, 2.75) is 16.7 Å². The second kappa shape index (κ2) is 9.55. The van der Waals surface area contributed by atoms with Crippen LogP contribution in [-0.4, -0.2) is 27.1 Å². The van der Waals surface area contributed by atoms with Crippen LogP contribution in [-0.2, 0) is 14.8 Å². The van der Waals surface area contributed by atoms with Gasteiger partial charge in [0, 0.05) is 15.6 Å². The molecule has 0 saturated carbocycles. The number of nitrogens with zero attached hydrogens (tertiary/aromatic N) is 1. The summed E-state index contributed by atoms with van der Waals surface area (Å²) in [6.45, 7) is 1.54. The van der Waals surface area contributed by atoms with Crippen molar-refractivity contribution in [2.75, 3.05) is 22.4 Å². The molecule has 0 saturated heterocycles. The fraction of sp³-hybridized carbons (Fsp3) is 0.136. The Bertz CT molecular complexity index is 1130. The summed E-state index contributed by atoms with van der Waals surface area (Å²) in [6.07, 6.45) is 1.92. The summed E-state index contributed by atoms with van der Waals surface area (Å²) in [7, 11) is -3.95. The summed E-state index contributed by atoms with van der Waals surface area (Å²) < 4.78 is 27.9. The lowest BCUT2D eigenvalue weighted by Crippen LogP contribution is -2.38. The van der Waals surface area contributed by atoms with Gasteiger partial charge in [0.2, 0.25) is 5.91 Å². The highest BCUT2D eigenvalue weighted by atomic mass is 35.5. The van der Waals surface area contributed by atoms with Crippen molar-refractivity contribution < 1.29 is 13.2 Å². The maximum Gasteiger partial charge on any atom is 0.264 e. The van der Waals surface area contributed by atoms with Gasteiger partial charge in [0.1, 0.15) is 6.54 Å². The molecule has 5 nitrogen and oxygen atoms in total. The molecule has 0 atom stereocenters. The van der Waals surface area contributed by atoms with Crippen molar-refractivity contribution in [1.29, 1.82) is 0 Å². The number of sulfonamides is 1. The molecule has 0 heterocycles. The maximum absolute atomic E-state index is 13.4. The number of halogens is 1. The summed E-state index contributed by atoms with van der Waals surface area (Å²) in [5, 5.41) is 3.18. The summed E-state index contributed by atoms with van der Waals surface area (Å²) in [4.78, 5) is 13.8. The molecule has 0 aliphatic heterocycles. The van der Waals surface area contributed by atoms with Crippen LogP contribution in [0.3, 0.4) is 0 Å². The Labute approximate surface area is 186 Å². The van der Waals surface area contributed by atoms with Crippen LogP contribution in [0.5, 0.6) is 0 Å². The van der Waals surface area contributed by atoms with Crippen LogP contribution in [0.25, 0.3) is 0 Å². The molecule has 30 heavy (non-hydrogen) atoms. The number of aryl methyl sites for hydroxylation is 1. The quantitative estimate of drug-likeness (QED) is 0.492. The van der Waals surface area contributed by atoms with Crippen LogP contribution in [0.2, 0.25) is 5.02 Å². The molecule has 0 fully saturated rings. The third-order valence-electron chi connectivity index (χ3n) is 4.36. The zero-order valence-electron chi connectivity index (χ0n) is 16.5. The largest absolute Gasteiger partial charge is 0.324 e. The van der Waals surface area contributed by atoms with E-state index < -0.39 is 15.9 Å². The van der Waals surface area contributed by atoms with Crippen LogP contribution in [0.15, 0.2) is 82.6 Å². The number of amides is 1. The molecule has 1 N–H and O–H groups in total. The number of carbonyl (C=O) groups excluding carboxylic acids is 1. The molecule has 1 amide bonds. The predicted molar refractivity (Wildman–Crippen MR) is 124 cm³/mol. The molecular weight excluding hydrogens is 440 g/mol. The van der Waals surface area contributed by atoms with E-state index in [-0.39, 0.29) is 11.4 Å². The topological polar surface area (TPSA) is 66.5 Å². The van der Waals surface area contributed by atoms with Gasteiger partial charge in [-0.3, -0.25) is 9.10 Å². The number of carbonyl (C=O) groups is 1. The molecule has 0 aliphatic carbocycles. The number of anilines is 2. The fourth-order valence-electron chi connectivity index (χ4n) is 2.80. The van der Waals surface area contributed by atoms with Gasteiger partial charge in [0.05, 0.1) is 10.6 Å². The Morgan fingerprint density at radius 1 is 1.03 bits per heavy atom. The summed E-state index contributed by atoms with van der Waals surface area (Å²) >= 11 is 7.49. The first kappa shape index (κ1) is 22.2. The lowest BCUT2D eigenvalue weighted by molar-refractivity contribution is -0.114. The van der Waals surface area contributed by atoms with Gasteiger partial charge in [-0.15, -0.1) is 11.8 Å². The van der Waals surface area contributed by atoms with Gasteiger partial charge < -0.3 is 5.32 Å². The Kier molecular flexibility index (Phi) is 7.07. The molecule has 0 bridgehead atoms. The van der Waals surface area contributed by atoms with Crippen molar-refractivity contribution >= 4 is 50.7 Å². The van der Waals surface area contributed by atoms with Gasteiger partial charge >= 0.3 is 0 Å². The molecule has 8 heteroatoms. The van der Waals surface area contributed by atoms with E-state index in [9.17, 15) is 13.2 Å². The van der Waals surface area contributed by atoms with Gasteiger partial charge in [-0.25, -0.2) is 8.42 Å². The zero-order chi connectivity index (χ0) is 21.7. The zero-order valence-corrected chi connectivity index (χ0v) is 18.9. The lowest BCUT2D eigenvalue weighted by atomic mass is 10.2. The molecule has 156 valence electrons. The minimum Gasteiger partial charge on any atom is -0.324 e. The molecule has 3 aromatic rings. The molecule has 0 unspecified atom stereocenters. The van der Waals surface area contributed by atoms with Crippen LogP contribution in [0.4, 0.5) is 11.4 Å². The normalized spacial score (nSPS) is 11.2. The molecule has 0 aliphatic rings. The van der Waals surface area contributed by atoms with Gasteiger partial charge in [0.25, 0.3) is 10.0 Å². The first-order chi connectivity index (χ1) is 14.3. The molecule has 3 rings (SSSR count). The molecule has 0 aromatic heterocycles. The Morgan fingerprint density at radius 2 is 1.70 bits per heavy atom. The van der Waals surface area contributed by atoms with E-state index in [0.717, 1.165) is 14.8 Å². The van der Waals surface area contributed by atoms with Crippen molar-refractivity contribution in [2.24, 2.45) is 0 Å². The second-order valence-electron chi connectivity index (χ2n) is 6.58. The average Bonchev–Trinajstić information content (AvgIpc) is 2.73. The minimum atomic E-state index is -3.95. The van der Waals surface area contributed by atoms with Crippen molar-refractivity contribution in [1.82, 2.24) is 0 Å². The lowest BCUT2D eigenvalue weighted by Gasteiger charge is -2.24. The molecular formula is C22H21ClN2O3S2. The summed E-state index contributed by atoms with van der Waals surface area (Å²) in [5.41, 5.74) is 1.90. The van der Waals surface area contributed by atoms with E-state index in [0.29, 0.717) is 16.4 Å². The van der Waals surface area contributed by atoms with E-state index in [1.807, 2.05) is 25.3 Å². The van der Waals surface area contributed by atoms with Crippen LogP contribution in [0.1, 0.15) is 5.56 Å². The summed E-state index contributed by atoms with van der Waals surface area (Å²) in [6, 6.07) is 20.3. The van der Waals surface area contributed by atoms with Gasteiger partial charge in [-0.05, 0) is 67.8 Å². The first-order valence-corrected chi connectivity index (χ1v) is 12.1. The highest BCUT2D eigenvalue weighted by Gasteiger charge is 2.27. The average molecular weight is 461 g/mol. The highest BCUT2D eigenvalue weighted by Crippen LogP contribution is 2.26.